The number of carbonyl (C=O) groups excluding carboxylic acids is 1. The molecule has 0 spiro atoms. The van der Waals surface area contributed by atoms with Gasteiger partial charge in [0.05, 0.1) is 17.1 Å². The summed E-state index contributed by atoms with van der Waals surface area (Å²) in [6.07, 6.45) is 0.0502. The number of rotatable bonds is 5. The number of hydrogen-bond donors (Lipinski definition) is 2. The molecular formula is C16H15FN2O4S. The normalized spacial score (nSPS) is 13.6. The van der Waals surface area contributed by atoms with Crippen molar-refractivity contribution in [3.63, 3.8) is 0 Å². The van der Waals surface area contributed by atoms with Crippen molar-refractivity contribution in [1.82, 2.24) is 0 Å². The Bertz CT molecular complexity index is 883. The van der Waals surface area contributed by atoms with Gasteiger partial charge in [0.2, 0.25) is 10.0 Å². The second-order valence-corrected chi connectivity index (χ2v) is 7.12. The molecule has 1 aliphatic rings. The number of nitrogens with one attached hydrogen (secondary N) is 2. The summed E-state index contributed by atoms with van der Waals surface area (Å²) in [5, 5.41) is 2.60. The van der Waals surface area contributed by atoms with Gasteiger partial charge in [-0.2, -0.15) is 0 Å². The summed E-state index contributed by atoms with van der Waals surface area (Å²) in [4.78, 5) is 11.3. The molecule has 2 N–H and O–H groups in total. The van der Waals surface area contributed by atoms with E-state index in [2.05, 4.69) is 10.0 Å². The molecule has 24 heavy (non-hydrogen) atoms. The van der Waals surface area contributed by atoms with Gasteiger partial charge in [-0.3, -0.25) is 9.52 Å². The number of para-hydroxylation sites is 1. The van der Waals surface area contributed by atoms with Crippen LogP contribution < -0.4 is 14.8 Å². The van der Waals surface area contributed by atoms with E-state index in [1.807, 2.05) is 0 Å². The van der Waals surface area contributed by atoms with Crippen molar-refractivity contribution in [1.29, 1.82) is 0 Å². The first-order valence-corrected chi connectivity index (χ1v) is 8.89. The van der Waals surface area contributed by atoms with Crippen LogP contribution in [0.25, 0.3) is 0 Å². The minimum Gasteiger partial charge on any atom is -0.479 e. The van der Waals surface area contributed by atoms with E-state index < -0.39 is 15.8 Å². The van der Waals surface area contributed by atoms with E-state index >= 15 is 0 Å². The Hall–Kier alpha value is -2.61. The number of benzene rings is 2. The predicted molar refractivity (Wildman–Crippen MR) is 88.1 cm³/mol. The quantitative estimate of drug-likeness (QED) is 0.865. The zero-order valence-electron chi connectivity index (χ0n) is 12.6. The van der Waals surface area contributed by atoms with E-state index in [0.29, 0.717) is 11.3 Å². The number of halogens is 1. The van der Waals surface area contributed by atoms with Gasteiger partial charge in [-0.1, -0.05) is 24.3 Å². The Morgan fingerprint density at radius 2 is 1.96 bits per heavy atom. The van der Waals surface area contributed by atoms with Crippen LogP contribution in [0.3, 0.4) is 0 Å². The van der Waals surface area contributed by atoms with Gasteiger partial charge in [-0.25, -0.2) is 12.8 Å². The van der Waals surface area contributed by atoms with Crippen LogP contribution in [0.2, 0.25) is 0 Å². The standard InChI is InChI=1S/C16H15FN2O4S/c17-12-5-2-1-4-11(12)8-9-24(21,22)19-14-7-3-6-13-16(14)23-10-15(20)18-13/h1-7,19H,8-10H2,(H,18,20). The molecule has 0 saturated carbocycles. The van der Waals surface area contributed by atoms with Crippen molar-refractivity contribution in [3.8, 4) is 5.75 Å². The van der Waals surface area contributed by atoms with Crippen LogP contribution in [-0.4, -0.2) is 26.7 Å². The zero-order chi connectivity index (χ0) is 17.2. The number of aryl methyl sites for hydroxylation is 1. The lowest BCUT2D eigenvalue weighted by Gasteiger charge is -2.21. The molecule has 126 valence electrons. The maximum Gasteiger partial charge on any atom is 0.262 e. The number of carbonyl (C=O) groups is 1. The molecular weight excluding hydrogens is 335 g/mol. The van der Waals surface area contributed by atoms with Gasteiger partial charge in [0.15, 0.2) is 12.4 Å². The molecule has 2 aromatic carbocycles. The number of hydrogen-bond acceptors (Lipinski definition) is 4. The fourth-order valence-corrected chi connectivity index (χ4v) is 3.45. The average Bonchev–Trinajstić information content (AvgIpc) is 2.54. The highest BCUT2D eigenvalue weighted by Crippen LogP contribution is 2.35. The molecule has 8 heteroatoms. The Kier molecular flexibility index (Phi) is 4.39. The van der Waals surface area contributed by atoms with E-state index in [0.717, 1.165) is 0 Å². The van der Waals surface area contributed by atoms with Gasteiger partial charge < -0.3 is 10.1 Å². The second kappa shape index (κ2) is 6.48. The Balaban J connectivity index is 1.75. The van der Waals surface area contributed by atoms with E-state index in [9.17, 15) is 17.6 Å². The monoisotopic (exact) mass is 350 g/mol. The van der Waals surface area contributed by atoms with E-state index in [1.54, 1.807) is 30.3 Å². The Morgan fingerprint density at radius 1 is 1.17 bits per heavy atom. The third-order valence-electron chi connectivity index (χ3n) is 3.50. The highest BCUT2D eigenvalue weighted by atomic mass is 32.2. The third-order valence-corrected chi connectivity index (χ3v) is 4.77. The lowest BCUT2D eigenvalue weighted by atomic mass is 10.2. The molecule has 0 saturated heterocycles. The molecule has 6 nitrogen and oxygen atoms in total. The predicted octanol–water partition coefficient (Wildman–Crippen LogP) is 2.14. The first-order valence-electron chi connectivity index (χ1n) is 7.24. The van der Waals surface area contributed by atoms with Crippen molar-refractivity contribution < 1.29 is 22.3 Å². The van der Waals surface area contributed by atoms with E-state index in [1.165, 1.54) is 12.1 Å². The smallest absolute Gasteiger partial charge is 0.262 e. The van der Waals surface area contributed by atoms with Gasteiger partial charge in [-0.05, 0) is 30.2 Å². The van der Waals surface area contributed by atoms with E-state index in [4.69, 9.17) is 4.74 Å². The van der Waals surface area contributed by atoms with Crippen molar-refractivity contribution in [2.75, 3.05) is 22.4 Å². The summed E-state index contributed by atoms with van der Waals surface area (Å²) in [7, 11) is -3.71. The molecule has 1 amide bonds. The van der Waals surface area contributed by atoms with Crippen LogP contribution in [0.15, 0.2) is 42.5 Å². The van der Waals surface area contributed by atoms with Crippen molar-refractivity contribution in [3.05, 3.63) is 53.8 Å². The number of sulfonamides is 1. The summed E-state index contributed by atoms with van der Waals surface area (Å²) < 4.78 is 45.8. The molecule has 0 aliphatic carbocycles. The average molecular weight is 350 g/mol. The SMILES string of the molecule is O=C1COc2c(cccc2NS(=O)(=O)CCc2ccccc2F)N1. The van der Waals surface area contributed by atoms with Gasteiger partial charge >= 0.3 is 0 Å². The molecule has 0 aromatic heterocycles. The van der Waals surface area contributed by atoms with Crippen LogP contribution in [0.1, 0.15) is 5.56 Å². The van der Waals surface area contributed by atoms with Crippen LogP contribution in [0, 0.1) is 5.82 Å². The Morgan fingerprint density at radius 3 is 2.75 bits per heavy atom. The second-order valence-electron chi connectivity index (χ2n) is 5.28. The fourth-order valence-electron chi connectivity index (χ4n) is 2.36. The van der Waals surface area contributed by atoms with Gasteiger partial charge in [0.25, 0.3) is 5.91 Å². The highest BCUT2D eigenvalue weighted by Gasteiger charge is 2.21. The molecule has 0 bridgehead atoms. The molecule has 0 unspecified atom stereocenters. The van der Waals surface area contributed by atoms with Gasteiger partial charge in [-0.15, -0.1) is 0 Å². The number of fused-ring (bicyclic) bond motifs is 1. The van der Waals surface area contributed by atoms with Crippen molar-refractivity contribution in [2.45, 2.75) is 6.42 Å². The van der Waals surface area contributed by atoms with Crippen LogP contribution >= 0.6 is 0 Å². The molecule has 0 atom stereocenters. The Labute approximate surface area is 138 Å². The summed E-state index contributed by atoms with van der Waals surface area (Å²) >= 11 is 0. The third kappa shape index (κ3) is 3.65. The first-order chi connectivity index (χ1) is 11.4. The highest BCUT2D eigenvalue weighted by molar-refractivity contribution is 7.92. The molecule has 1 aliphatic heterocycles. The number of ether oxygens (including phenoxy) is 1. The van der Waals surface area contributed by atoms with Crippen LogP contribution in [0.5, 0.6) is 5.75 Å². The summed E-state index contributed by atoms with van der Waals surface area (Å²) in [5.74, 6) is -0.742. The number of anilines is 2. The first kappa shape index (κ1) is 16.3. The van der Waals surface area contributed by atoms with Gasteiger partial charge in [0.1, 0.15) is 5.82 Å². The van der Waals surface area contributed by atoms with Crippen molar-refractivity contribution >= 4 is 27.3 Å². The van der Waals surface area contributed by atoms with Gasteiger partial charge in [0, 0.05) is 0 Å². The molecule has 3 rings (SSSR count). The lowest BCUT2D eigenvalue weighted by Crippen LogP contribution is -2.27. The largest absolute Gasteiger partial charge is 0.479 e. The topological polar surface area (TPSA) is 84.5 Å². The summed E-state index contributed by atoms with van der Waals surface area (Å²) in [6, 6.07) is 10.8. The molecule has 0 radical (unpaired) electrons. The molecule has 2 aromatic rings. The summed E-state index contributed by atoms with van der Waals surface area (Å²) in [5.41, 5.74) is 0.975. The maximum atomic E-state index is 13.6. The maximum absolute atomic E-state index is 13.6. The minimum atomic E-state index is -3.71. The van der Waals surface area contributed by atoms with Crippen molar-refractivity contribution in [2.24, 2.45) is 0 Å². The molecule has 0 fully saturated rings. The molecule has 1 heterocycles. The number of amides is 1. The van der Waals surface area contributed by atoms with Crippen LogP contribution in [0.4, 0.5) is 15.8 Å². The van der Waals surface area contributed by atoms with Crippen LogP contribution in [-0.2, 0) is 21.2 Å². The minimum absolute atomic E-state index is 0.0502. The summed E-state index contributed by atoms with van der Waals surface area (Å²) in [6.45, 7) is -0.180. The zero-order valence-corrected chi connectivity index (χ0v) is 13.4. The fraction of sp³-hybridized carbons (Fsp3) is 0.188. The van der Waals surface area contributed by atoms with E-state index in [-0.39, 0.29) is 36.1 Å². The lowest BCUT2D eigenvalue weighted by molar-refractivity contribution is -0.118.